The van der Waals surface area contributed by atoms with Crippen LogP contribution in [-0.2, 0) is 10.2 Å². The van der Waals surface area contributed by atoms with Gasteiger partial charge >= 0.3 is 10.2 Å². The van der Waals surface area contributed by atoms with Crippen molar-refractivity contribution in [2.24, 2.45) is 0 Å². The normalized spacial score (nSPS) is 20.1. The minimum absolute atomic E-state index is 0.508. The van der Waals surface area contributed by atoms with Gasteiger partial charge in [0.25, 0.3) is 0 Å². The summed E-state index contributed by atoms with van der Waals surface area (Å²) in [5.41, 5.74) is 6.82. The van der Waals surface area contributed by atoms with Crippen LogP contribution in [0.4, 0.5) is 11.4 Å². The van der Waals surface area contributed by atoms with Crippen molar-refractivity contribution < 1.29 is 8.42 Å². The first kappa shape index (κ1) is 10.3. The predicted molar refractivity (Wildman–Crippen MR) is 59.7 cm³/mol. The second-order valence-electron chi connectivity index (χ2n) is 3.42. The SMILES string of the molecule is Nc1ccc(N2CCCNS2(=O)=O)cc1. The molecule has 0 unspecified atom stereocenters. The minimum Gasteiger partial charge on any atom is -0.399 e. The molecule has 0 amide bonds. The molecule has 0 bridgehead atoms. The van der Waals surface area contributed by atoms with Crippen LogP contribution in [0.2, 0.25) is 0 Å². The summed E-state index contributed by atoms with van der Waals surface area (Å²) >= 11 is 0. The number of anilines is 2. The van der Waals surface area contributed by atoms with Crippen molar-refractivity contribution >= 4 is 21.6 Å². The predicted octanol–water partition coefficient (Wildman–Crippen LogP) is 0.313. The molecule has 1 aromatic carbocycles. The van der Waals surface area contributed by atoms with Gasteiger partial charge in [-0.25, -0.2) is 0 Å². The molecule has 0 aromatic heterocycles. The molecule has 1 aliphatic heterocycles. The molecule has 3 N–H and O–H groups in total. The second-order valence-corrected chi connectivity index (χ2v) is 5.10. The molecule has 1 aromatic rings. The van der Waals surface area contributed by atoms with Gasteiger partial charge in [-0.15, -0.1) is 0 Å². The monoisotopic (exact) mass is 227 g/mol. The van der Waals surface area contributed by atoms with E-state index in [9.17, 15) is 8.42 Å². The third kappa shape index (κ3) is 2.05. The molecule has 0 spiro atoms. The zero-order valence-corrected chi connectivity index (χ0v) is 9.00. The highest BCUT2D eigenvalue weighted by atomic mass is 32.2. The average Bonchev–Trinajstić information content (AvgIpc) is 2.19. The molecule has 15 heavy (non-hydrogen) atoms. The van der Waals surface area contributed by atoms with Crippen molar-refractivity contribution in [3.63, 3.8) is 0 Å². The zero-order valence-electron chi connectivity index (χ0n) is 8.18. The molecule has 2 rings (SSSR count). The first-order valence-electron chi connectivity index (χ1n) is 4.72. The van der Waals surface area contributed by atoms with Crippen molar-refractivity contribution in [3.8, 4) is 0 Å². The first-order chi connectivity index (χ1) is 7.09. The Kier molecular flexibility index (Phi) is 2.54. The number of nitrogens with one attached hydrogen (secondary N) is 1. The van der Waals surface area contributed by atoms with Gasteiger partial charge < -0.3 is 5.73 Å². The van der Waals surface area contributed by atoms with Gasteiger partial charge in [-0.05, 0) is 30.7 Å². The molecule has 0 aliphatic carbocycles. The molecule has 6 heteroatoms. The van der Waals surface area contributed by atoms with E-state index in [1.807, 2.05) is 0 Å². The summed E-state index contributed by atoms with van der Waals surface area (Å²) < 4.78 is 27.1. The van der Waals surface area contributed by atoms with Crippen LogP contribution in [0.5, 0.6) is 0 Å². The summed E-state index contributed by atoms with van der Waals surface area (Å²) in [5.74, 6) is 0. The zero-order chi connectivity index (χ0) is 10.9. The Balaban J connectivity index is 2.33. The van der Waals surface area contributed by atoms with E-state index in [0.29, 0.717) is 24.5 Å². The smallest absolute Gasteiger partial charge is 0.301 e. The van der Waals surface area contributed by atoms with Gasteiger partial charge in [-0.3, -0.25) is 4.31 Å². The van der Waals surface area contributed by atoms with E-state index in [-0.39, 0.29) is 0 Å². The molecule has 0 saturated carbocycles. The lowest BCUT2D eigenvalue weighted by molar-refractivity contribution is 0.560. The Bertz CT molecular complexity index is 441. The second kappa shape index (κ2) is 3.71. The Hall–Kier alpha value is -1.27. The lowest BCUT2D eigenvalue weighted by Crippen LogP contribution is -2.47. The maximum Gasteiger partial charge on any atom is 0.301 e. The minimum atomic E-state index is -3.35. The molecule has 1 saturated heterocycles. The van der Waals surface area contributed by atoms with Gasteiger partial charge in [-0.1, -0.05) is 0 Å². The highest BCUT2D eigenvalue weighted by Gasteiger charge is 2.25. The molecule has 82 valence electrons. The number of nitrogens with zero attached hydrogens (tertiary/aromatic N) is 1. The molecule has 5 nitrogen and oxygen atoms in total. The number of rotatable bonds is 1. The largest absolute Gasteiger partial charge is 0.399 e. The first-order valence-corrected chi connectivity index (χ1v) is 6.16. The molecular weight excluding hydrogens is 214 g/mol. The van der Waals surface area contributed by atoms with Crippen molar-refractivity contribution in [1.29, 1.82) is 0 Å². The van der Waals surface area contributed by atoms with Crippen molar-refractivity contribution in [2.45, 2.75) is 6.42 Å². The molecule has 0 atom stereocenters. The van der Waals surface area contributed by atoms with E-state index < -0.39 is 10.2 Å². The Morgan fingerprint density at radius 2 is 1.93 bits per heavy atom. The van der Waals surface area contributed by atoms with E-state index in [1.54, 1.807) is 24.3 Å². The van der Waals surface area contributed by atoms with Gasteiger partial charge in [-0.2, -0.15) is 13.1 Å². The Morgan fingerprint density at radius 3 is 2.53 bits per heavy atom. The fourth-order valence-corrected chi connectivity index (χ4v) is 2.86. The van der Waals surface area contributed by atoms with E-state index in [1.165, 1.54) is 4.31 Å². The van der Waals surface area contributed by atoms with Crippen molar-refractivity contribution in [2.75, 3.05) is 23.1 Å². The molecular formula is C9H13N3O2S. The molecule has 1 aliphatic rings. The van der Waals surface area contributed by atoms with Crippen LogP contribution >= 0.6 is 0 Å². The van der Waals surface area contributed by atoms with Gasteiger partial charge in [0.1, 0.15) is 0 Å². The maximum absolute atomic E-state index is 11.7. The maximum atomic E-state index is 11.7. The highest BCUT2D eigenvalue weighted by molar-refractivity contribution is 7.90. The van der Waals surface area contributed by atoms with Crippen LogP contribution < -0.4 is 14.8 Å². The number of nitrogen functional groups attached to an aromatic ring is 1. The highest BCUT2D eigenvalue weighted by Crippen LogP contribution is 2.20. The quantitative estimate of drug-likeness (QED) is 0.678. The average molecular weight is 227 g/mol. The van der Waals surface area contributed by atoms with Crippen LogP contribution in [0.25, 0.3) is 0 Å². The molecule has 1 heterocycles. The number of hydrogen-bond acceptors (Lipinski definition) is 3. The fourth-order valence-electron chi connectivity index (χ4n) is 1.53. The molecule has 0 radical (unpaired) electrons. The Labute approximate surface area is 89.1 Å². The standard InChI is InChI=1S/C9H13N3O2S/c10-8-2-4-9(5-3-8)12-7-1-6-11-15(12,13)14/h2-5,11H,1,6-7,10H2. The summed E-state index contributed by atoms with van der Waals surface area (Å²) in [4.78, 5) is 0. The number of hydrogen-bond donors (Lipinski definition) is 2. The van der Waals surface area contributed by atoms with Gasteiger partial charge in [0.2, 0.25) is 0 Å². The van der Waals surface area contributed by atoms with Crippen LogP contribution in [0.15, 0.2) is 24.3 Å². The van der Waals surface area contributed by atoms with Crippen LogP contribution in [0.1, 0.15) is 6.42 Å². The Morgan fingerprint density at radius 1 is 1.27 bits per heavy atom. The summed E-state index contributed by atoms with van der Waals surface area (Å²) in [6.45, 7) is 1.02. The lowest BCUT2D eigenvalue weighted by Gasteiger charge is -2.28. The van der Waals surface area contributed by atoms with Gasteiger partial charge in [0.05, 0.1) is 5.69 Å². The summed E-state index contributed by atoms with van der Waals surface area (Å²) in [5, 5.41) is 0. The fraction of sp³-hybridized carbons (Fsp3) is 0.333. The van der Waals surface area contributed by atoms with Crippen molar-refractivity contribution in [1.82, 2.24) is 4.72 Å². The van der Waals surface area contributed by atoms with Crippen LogP contribution in [0, 0.1) is 0 Å². The van der Waals surface area contributed by atoms with Gasteiger partial charge in [0.15, 0.2) is 0 Å². The van der Waals surface area contributed by atoms with Crippen LogP contribution in [-0.4, -0.2) is 21.5 Å². The number of benzene rings is 1. The van der Waals surface area contributed by atoms with Crippen LogP contribution in [0.3, 0.4) is 0 Å². The van der Waals surface area contributed by atoms with Crippen molar-refractivity contribution in [3.05, 3.63) is 24.3 Å². The summed E-state index contributed by atoms with van der Waals surface area (Å²) in [7, 11) is -3.35. The third-order valence-electron chi connectivity index (χ3n) is 2.29. The summed E-state index contributed by atoms with van der Waals surface area (Å²) in [6.07, 6.45) is 0.809. The van der Waals surface area contributed by atoms with E-state index in [0.717, 1.165) is 6.42 Å². The van der Waals surface area contributed by atoms with E-state index in [4.69, 9.17) is 5.73 Å². The third-order valence-corrected chi connectivity index (χ3v) is 3.84. The van der Waals surface area contributed by atoms with Gasteiger partial charge in [0, 0.05) is 18.8 Å². The lowest BCUT2D eigenvalue weighted by atomic mass is 10.3. The number of nitrogens with two attached hydrogens (primary N) is 1. The summed E-state index contributed by atoms with van der Waals surface area (Å²) in [6, 6.07) is 6.80. The molecule has 1 fully saturated rings. The van der Waals surface area contributed by atoms with E-state index in [2.05, 4.69) is 4.72 Å². The van der Waals surface area contributed by atoms with E-state index >= 15 is 0 Å². The topological polar surface area (TPSA) is 75.4 Å².